The smallest absolute Gasteiger partial charge is 0.407 e. The van der Waals surface area contributed by atoms with Crippen LogP contribution in [0.1, 0.15) is 89.4 Å². The molecule has 6 rings (SSSR count). The van der Waals surface area contributed by atoms with Gasteiger partial charge in [-0.2, -0.15) is 0 Å². The predicted molar refractivity (Wildman–Crippen MR) is 199 cm³/mol. The van der Waals surface area contributed by atoms with Crippen LogP contribution < -0.4 is 10.6 Å². The fraction of sp³-hybridized carbons (Fsp3) is 0.475. The molecule has 2 aliphatic heterocycles. The van der Waals surface area contributed by atoms with Crippen molar-refractivity contribution in [3.63, 3.8) is 0 Å². The predicted octanol–water partition coefficient (Wildman–Crippen LogP) is 6.95. The largest absolute Gasteiger partial charge is 0.453 e. The van der Waals surface area contributed by atoms with Crippen molar-refractivity contribution in [2.45, 2.75) is 83.8 Å². The molecule has 4 heterocycles. The summed E-state index contributed by atoms with van der Waals surface area (Å²) in [6, 6.07) is 15.5. The third kappa shape index (κ3) is 8.72. The van der Waals surface area contributed by atoms with E-state index in [2.05, 4.69) is 75.8 Å². The zero-order valence-electron chi connectivity index (χ0n) is 30.6. The van der Waals surface area contributed by atoms with Crippen molar-refractivity contribution in [1.82, 2.24) is 35.5 Å². The minimum absolute atomic E-state index is 0.0123. The van der Waals surface area contributed by atoms with Crippen molar-refractivity contribution < 1.29 is 23.9 Å². The highest BCUT2D eigenvalue weighted by molar-refractivity contribution is 5.86. The number of benzene rings is 2. The van der Waals surface area contributed by atoms with Crippen LogP contribution in [-0.2, 0) is 19.1 Å². The van der Waals surface area contributed by atoms with Crippen molar-refractivity contribution in [3.05, 3.63) is 72.6 Å². The minimum Gasteiger partial charge on any atom is -0.453 e. The molecule has 0 radical (unpaired) electrons. The number of carbonyl (C=O) groups is 3. The van der Waals surface area contributed by atoms with Gasteiger partial charge in [-0.3, -0.25) is 9.59 Å². The zero-order valence-corrected chi connectivity index (χ0v) is 30.6. The van der Waals surface area contributed by atoms with E-state index in [-0.39, 0.29) is 23.8 Å². The molecule has 3 amide bonds. The Morgan fingerprint density at radius 3 is 2.31 bits per heavy atom. The maximum Gasteiger partial charge on any atom is 0.407 e. The van der Waals surface area contributed by atoms with Crippen molar-refractivity contribution in [3.8, 4) is 33.6 Å². The second-order valence-electron chi connectivity index (χ2n) is 14.2. The second-order valence-corrected chi connectivity index (χ2v) is 14.2. The summed E-state index contributed by atoms with van der Waals surface area (Å²) in [7, 11) is 1.29. The molecule has 4 aromatic rings. The van der Waals surface area contributed by atoms with Crippen LogP contribution in [0.4, 0.5) is 4.79 Å². The second kappa shape index (κ2) is 17.0. The van der Waals surface area contributed by atoms with Gasteiger partial charge in [0.15, 0.2) is 0 Å². The number of imidazole rings is 2. The van der Waals surface area contributed by atoms with Gasteiger partial charge in [-0.05, 0) is 54.7 Å². The normalized spacial score (nSPS) is 20.8. The van der Waals surface area contributed by atoms with Gasteiger partial charge in [-0.25, -0.2) is 14.8 Å². The van der Waals surface area contributed by atoms with Gasteiger partial charge in [-0.15, -0.1) is 0 Å². The molecule has 0 bridgehead atoms. The van der Waals surface area contributed by atoms with E-state index in [0.717, 1.165) is 78.1 Å². The summed E-state index contributed by atoms with van der Waals surface area (Å²) in [6.07, 6.45) is 8.62. The fourth-order valence-corrected chi connectivity index (χ4v) is 6.90. The molecular formula is C40H51N7O5. The molecule has 276 valence electrons. The third-order valence-corrected chi connectivity index (χ3v) is 10.4. The highest BCUT2D eigenvalue weighted by Gasteiger charge is 2.35. The van der Waals surface area contributed by atoms with Crippen LogP contribution in [0.5, 0.6) is 0 Å². The molecule has 2 aliphatic rings. The molecule has 2 aromatic heterocycles. The molecule has 4 atom stereocenters. The molecular weight excluding hydrogens is 658 g/mol. The van der Waals surface area contributed by atoms with Gasteiger partial charge in [0, 0.05) is 37.4 Å². The number of aromatic amines is 2. The number of rotatable bonds is 8. The standard InChI is InChI=1S/C40H51N7O5/c1-25(2)26(3)39(49)47-20-8-10-35(47)37-42-24-34(44-37)30-17-13-28(14-18-30)27-11-15-29(16-12-27)33-23-41-36(43-33)31-19-22-52-21-7-5-6-9-32(38(48)45-31)46-40(50)51-4/h11-18,23-26,31-32,35H,5-10,19-22H2,1-4H3,(H,41,43)(H,42,44)(H,45,48)(H,46,50)/t26-,31-,32-,35-/m0/s1. The Labute approximate surface area is 305 Å². The first-order chi connectivity index (χ1) is 25.2. The number of aromatic nitrogens is 4. The van der Waals surface area contributed by atoms with Gasteiger partial charge in [-0.1, -0.05) is 82.1 Å². The first-order valence-corrected chi connectivity index (χ1v) is 18.6. The maximum absolute atomic E-state index is 13.3. The van der Waals surface area contributed by atoms with Crippen LogP contribution in [0.2, 0.25) is 0 Å². The van der Waals surface area contributed by atoms with E-state index in [1.807, 2.05) is 30.2 Å². The van der Waals surface area contributed by atoms with Crippen LogP contribution in [0.15, 0.2) is 60.9 Å². The van der Waals surface area contributed by atoms with E-state index < -0.39 is 18.2 Å². The number of hydrogen-bond donors (Lipinski definition) is 4. The number of amides is 3. The molecule has 12 nitrogen and oxygen atoms in total. The monoisotopic (exact) mass is 709 g/mol. The molecule has 0 unspecified atom stereocenters. The summed E-state index contributed by atoms with van der Waals surface area (Å²) >= 11 is 0. The molecule has 4 N–H and O–H groups in total. The number of methoxy groups -OCH3 is 1. The highest BCUT2D eigenvalue weighted by Crippen LogP contribution is 2.34. The fourth-order valence-electron chi connectivity index (χ4n) is 6.90. The molecule has 2 aromatic carbocycles. The van der Waals surface area contributed by atoms with Crippen LogP contribution in [0.25, 0.3) is 33.6 Å². The van der Waals surface area contributed by atoms with E-state index >= 15 is 0 Å². The number of nitrogens with zero attached hydrogens (tertiary/aromatic N) is 3. The summed E-state index contributed by atoms with van der Waals surface area (Å²) in [5.74, 6) is 1.69. The van der Waals surface area contributed by atoms with Gasteiger partial charge in [0.2, 0.25) is 11.8 Å². The Hall–Kier alpha value is -4.97. The van der Waals surface area contributed by atoms with Crippen molar-refractivity contribution in [1.29, 1.82) is 0 Å². The van der Waals surface area contributed by atoms with Crippen LogP contribution in [0.3, 0.4) is 0 Å². The van der Waals surface area contributed by atoms with E-state index in [1.54, 1.807) is 6.20 Å². The Balaban J connectivity index is 1.11. The third-order valence-electron chi connectivity index (χ3n) is 10.4. The van der Waals surface area contributed by atoms with E-state index in [0.29, 0.717) is 37.8 Å². The van der Waals surface area contributed by atoms with Crippen molar-refractivity contribution >= 4 is 17.9 Å². The maximum atomic E-state index is 13.3. The van der Waals surface area contributed by atoms with Crippen LogP contribution >= 0.6 is 0 Å². The summed E-state index contributed by atoms with van der Waals surface area (Å²) in [6.45, 7) is 8.11. The Morgan fingerprint density at radius 1 is 0.885 bits per heavy atom. The lowest BCUT2D eigenvalue weighted by Gasteiger charge is -2.27. The van der Waals surface area contributed by atoms with Gasteiger partial charge >= 0.3 is 6.09 Å². The van der Waals surface area contributed by atoms with E-state index in [4.69, 9.17) is 14.5 Å². The van der Waals surface area contributed by atoms with Crippen molar-refractivity contribution in [2.75, 3.05) is 26.9 Å². The topological polar surface area (TPSA) is 154 Å². The lowest BCUT2D eigenvalue weighted by atomic mass is 9.96. The zero-order chi connectivity index (χ0) is 36.6. The molecule has 0 spiro atoms. The Morgan fingerprint density at radius 2 is 1.60 bits per heavy atom. The average Bonchev–Trinajstić information content (AvgIpc) is 3.95. The van der Waals surface area contributed by atoms with E-state index in [9.17, 15) is 14.4 Å². The lowest BCUT2D eigenvalue weighted by molar-refractivity contribution is -0.137. The molecule has 0 saturated carbocycles. The number of likely N-dealkylation sites (tertiary alicyclic amines) is 1. The SMILES string of the molecule is COC(=O)N[C@H]1CCCCCOCC[C@@H](c2ncc(-c3ccc(-c4ccc(-c5c[nH]c([C@@H]6CCCN6C(=O)[C@@H](C)C(C)C)n5)cc4)cc3)[nH]2)NC1=O. The average molecular weight is 710 g/mol. The molecule has 2 fully saturated rings. The number of alkyl carbamates (subject to hydrolysis) is 1. The first kappa shape index (κ1) is 36.8. The summed E-state index contributed by atoms with van der Waals surface area (Å²) in [4.78, 5) is 56.7. The quantitative estimate of drug-likeness (QED) is 0.154. The number of carbonyl (C=O) groups excluding carboxylic acids is 3. The van der Waals surface area contributed by atoms with Gasteiger partial charge < -0.3 is 35.0 Å². The number of hydrogen-bond acceptors (Lipinski definition) is 7. The lowest BCUT2D eigenvalue weighted by Crippen LogP contribution is -2.48. The van der Waals surface area contributed by atoms with Gasteiger partial charge in [0.1, 0.15) is 17.7 Å². The molecule has 0 aliphatic carbocycles. The van der Waals surface area contributed by atoms with Gasteiger partial charge in [0.25, 0.3) is 0 Å². The first-order valence-electron chi connectivity index (χ1n) is 18.6. The number of H-pyrrole nitrogens is 2. The summed E-state index contributed by atoms with van der Waals surface area (Å²) in [5, 5.41) is 5.74. The molecule has 2 saturated heterocycles. The molecule has 12 heteroatoms. The minimum atomic E-state index is -0.693. The van der Waals surface area contributed by atoms with Crippen LogP contribution in [0, 0.1) is 11.8 Å². The van der Waals surface area contributed by atoms with Gasteiger partial charge in [0.05, 0.1) is 36.8 Å². The van der Waals surface area contributed by atoms with E-state index in [1.165, 1.54) is 7.11 Å². The number of ether oxygens (including phenoxy) is 2. The summed E-state index contributed by atoms with van der Waals surface area (Å²) in [5.41, 5.74) is 5.82. The summed E-state index contributed by atoms with van der Waals surface area (Å²) < 4.78 is 10.6. The number of nitrogens with one attached hydrogen (secondary N) is 4. The Kier molecular flexibility index (Phi) is 12.1. The molecule has 52 heavy (non-hydrogen) atoms. The highest BCUT2D eigenvalue weighted by atomic mass is 16.5. The Bertz CT molecular complexity index is 1800. The van der Waals surface area contributed by atoms with Crippen LogP contribution in [-0.4, -0.2) is 75.7 Å². The van der Waals surface area contributed by atoms with Crippen molar-refractivity contribution in [2.24, 2.45) is 11.8 Å².